The number of piperidine rings is 2. The van der Waals surface area contributed by atoms with Crippen LogP contribution in [0.2, 0.25) is 5.02 Å². The number of nitrogens with zero attached hydrogens (tertiary/aromatic N) is 4. The van der Waals surface area contributed by atoms with E-state index in [9.17, 15) is 23.4 Å². The number of carboxylic acid groups (broad SMARTS) is 1. The van der Waals surface area contributed by atoms with Crippen molar-refractivity contribution >= 4 is 27.7 Å². The molecule has 0 unspecified atom stereocenters. The van der Waals surface area contributed by atoms with Gasteiger partial charge in [-0.15, -0.1) is 0 Å². The van der Waals surface area contributed by atoms with E-state index in [2.05, 4.69) is 31.0 Å². The molecule has 3 aliphatic rings. The van der Waals surface area contributed by atoms with Crippen LogP contribution in [0.1, 0.15) is 62.8 Å². The van der Waals surface area contributed by atoms with Crippen molar-refractivity contribution in [3.63, 3.8) is 0 Å². The first kappa shape index (κ1) is 33.9. The number of aliphatic hydroxyl groups excluding tert-OH is 1. The standard InChI is InChI=1S/C33H46ClN5O5S/c1-23(2)5-4-6-26-19-27(7-8-30(26)34)32-29-21-37(45(3,43)44)16-11-31(29)38(36-32)20-28(40)22-39(33(41)42)17-12-25(13-18-39)24-9-14-35-15-10-24/h7-8,19,23-25,28,35,40H,5,9-18,20-22H2,1-3H3/p+1/t25?,28-,39?/m1/s1. The molecule has 246 valence electrons. The number of quaternary nitrogens is 1. The molecule has 0 bridgehead atoms. The van der Waals surface area contributed by atoms with Gasteiger partial charge in [0.25, 0.3) is 0 Å². The molecule has 12 heteroatoms. The molecule has 4 heterocycles. The molecule has 0 radical (unpaired) electrons. The van der Waals surface area contributed by atoms with Crippen LogP contribution < -0.4 is 5.32 Å². The van der Waals surface area contributed by atoms with Crippen LogP contribution in [0.3, 0.4) is 0 Å². The molecule has 2 aromatic rings. The highest BCUT2D eigenvalue weighted by Gasteiger charge is 2.44. The van der Waals surface area contributed by atoms with E-state index < -0.39 is 22.2 Å². The first-order chi connectivity index (χ1) is 21.4. The third-order valence-corrected chi connectivity index (χ3v) is 11.4. The number of likely N-dealkylation sites (tertiary alicyclic amines) is 1. The summed E-state index contributed by atoms with van der Waals surface area (Å²) in [5.74, 6) is 7.95. The maximum absolute atomic E-state index is 12.6. The van der Waals surface area contributed by atoms with Gasteiger partial charge in [-0.1, -0.05) is 43.4 Å². The van der Waals surface area contributed by atoms with Crippen LogP contribution in [-0.4, -0.2) is 94.9 Å². The molecule has 3 N–H and O–H groups in total. The van der Waals surface area contributed by atoms with Gasteiger partial charge in [0.15, 0.2) is 0 Å². The van der Waals surface area contributed by atoms with E-state index in [-0.39, 0.29) is 24.1 Å². The van der Waals surface area contributed by atoms with Crippen molar-refractivity contribution < 1.29 is 27.9 Å². The topological polar surface area (TPSA) is 125 Å². The Hall–Kier alpha value is -2.46. The number of rotatable bonds is 8. The number of aliphatic hydroxyl groups is 1. The summed E-state index contributed by atoms with van der Waals surface area (Å²) in [6.45, 7) is 7.99. The van der Waals surface area contributed by atoms with Gasteiger partial charge in [0.2, 0.25) is 10.0 Å². The molecule has 2 saturated heterocycles. The number of aromatic nitrogens is 2. The number of halogens is 1. The number of nitrogens with one attached hydrogen (secondary N) is 1. The third kappa shape index (κ3) is 7.92. The lowest BCUT2D eigenvalue weighted by molar-refractivity contribution is -0.867. The molecule has 10 nitrogen and oxygen atoms in total. The second-order valence-corrected chi connectivity index (χ2v) is 15.9. The Morgan fingerprint density at radius 1 is 1.18 bits per heavy atom. The molecule has 5 rings (SSSR count). The van der Waals surface area contributed by atoms with Crippen molar-refractivity contribution in [2.24, 2.45) is 17.8 Å². The van der Waals surface area contributed by atoms with Crippen LogP contribution in [0.15, 0.2) is 18.2 Å². The molecule has 1 atom stereocenters. The predicted octanol–water partition coefficient (Wildman–Crippen LogP) is 4.18. The highest BCUT2D eigenvalue weighted by molar-refractivity contribution is 7.88. The quantitative estimate of drug-likeness (QED) is 0.287. The van der Waals surface area contributed by atoms with Crippen LogP contribution in [0.4, 0.5) is 4.79 Å². The molecule has 1 aromatic heterocycles. The second kappa shape index (κ2) is 14.1. The van der Waals surface area contributed by atoms with Gasteiger partial charge in [0.05, 0.1) is 36.6 Å². The molecule has 0 aliphatic carbocycles. The van der Waals surface area contributed by atoms with Crippen LogP contribution in [0, 0.1) is 29.6 Å². The van der Waals surface area contributed by atoms with Crippen molar-refractivity contribution in [2.45, 2.75) is 71.6 Å². The van der Waals surface area contributed by atoms with Crippen molar-refractivity contribution in [3.05, 3.63) is 40.0 Å². The normalized spacial score (nSPS) is 23.7. The average molecular weight is 661 g/mol. The maximum atomic E-state index is 12.6. The van der Waals surface area contributed by atoms with E-state index in [1.165, 1.54) is 10.6 Å². The third-order valence-electron chi connectivity index (χ3n) is 9.80. The van der Waals surface area contributed by atoms with Gasteiger partial charge in [-0.25, -0.2) is 12.9 Å². The number of hydrogen-bond donors (Lipinski definition) is 3. The van der Waals surface area contributed by atoms with E-state index >= 15 is 0 Å². The summed E-state index contributed by atoms with van der Waals surface area (Å²) in [6, 6.07) is 5.52. The number of carbonyl (C=O) groups is 1. The molecule has 45 heavy (non-hydrogen) atoms. The zero-order valence-electron chi connectivity index (χ0n) is 26.6. The smallest absolute Gasteiger partial charge is 0.435 e. The summed E-state index contributed by atoms with van der Waals surface area (Å²) in [5.41, 5.74) is 3.71. The monoisotopic (exact) mass is 660 g/mol. The number of fused-ring (bicyclic) bond motifs is 1. The van der Waals surface area contributed by atoms with Gasteiger partial charge in [-0.2, -0.15) is 14.2 Å². The Bertz CT molecular complexity index is 1550. The van der Waals surface area contributed by atoms with Gasteiger partial charge in [0, 0.05) is 61.2 Å². The van der Waals surface area contributed by atoms with Crippen molar-refractivity contribution in [3.8, 4) is 23.1 Å². The van der Waals surface area contributed by atoms with E-state index in [1.54, 1.807) is 10.7 Å². The first-order valence-corrected chi connectivity index (χ1v) is 18.4. The van der Waals surface area contributed by atoms with Gasteiger partial charge in [-0.05, 0) is 55.8 Å². The predicted molar refractivity (Wildman–Crippen MR) is 175 cm³/mol. The number of benzene rings is 1. The van der Waals surface area contributed by atoms with Crippen LogP contribution in [0.25, 0.3) is 11.3 Å². The van der Waals surface area contributed by atoms with Crippen LogP contribution in [-0.2, 0) is 29.5 Å². The molecule has 1 aromatic carbocycles. The lowest BCUT2D eigenvalue weighted by Gasteiger charge is -2.42. The highest BCUT2D eigenvalue weighted by Crippen LogP contribution is 2.35. The minimum atomic E-state index is -3.43. The summed E-state index contributed by atoms with van der Waals surface area (Å²) in [5, 5.41) is 30.6. The fraction of sp³-hybridized carbons (Fsp3) is 0.636. The summed E-state index contributed by atoms with van der Waals surface area (Å²) in [6.07, 6.45) is 4.54. The number of sulfonamides is 1. The van der Waals surface area contributed by atoms with Gasteiger partial charge in [-0.3, -0.25) is 4.68 Å². The zero-order valence-corrected chi connectivity index (χ0v) is 28.2. The Labute approximate surface area is 272 Å². The van der Waals surface area contributed by atoms with Gasteiger partial charge >= 0.3 is 6.09 Å². The largest absolute Gasteiger partial charge is 0.513 e. The van der Waals surface area contributed by atoms with Crippen LogP contribution in [0.5, 0.6) is 0 Å². The Morgan fingerprint density at radius 2 is 1.87 bits per heavy atom. The summed E-state index contributed by atoms with van der Waals surface area (Å²) in [4.78, 5) is 12.6. The second-order valence-electron chi connectivity index (χ2n) is 13.5. The van der Waals surface area contributed by atoms with Crippen molar-refractivity contribution in [1.82, 2.24) is 19.4 Å². The fourth-order valence-electron chi connectivity index (χ4n) is 7.23. The van der Waals surface area contributed by atoms with Crippen molar-refractivity contribution in [1.29, 1.82) is 0 Å². The average Bonchev–Trinajstić information content (AvgIpc) is 3.35. The minimum Gasteiger partial charge on any atom is -0.435 e. The highest BCUT2D eigenvalue weighted by atomic mass is 35.5. The SMILES string of the molecule is CC(C)CC#Cc1cc(-c2nn(C[C@@H](O)C[N+]3(C(=O)O)CCC(C4CCNCC4)CC3)c3c2CN(S(C)(=O)=O)CC3)ccc1Cl. The minimum absolute atomic E-state index is 0.101. The summed E-state index contributed by atoms with van der Waals surface area (Å²) >= 11 is 6.48. The fourth-order valence-corrected chi connectivity index (χ4v) is 8.18. The molecule has 0 saturated carbocycles. The molecular formula is C33H47ClN5O5S+. The molecule has 1 amide bonds. The molecule has 3 aliphatic heterocycles. The molecule has 0 spiro atoms. The van der Waals surface area contributed by atoms with Gasteiger partial charge < -0.3 is 15.5 Å². The Kier molecular flexibility index (Phi) is 10.6. The zero-order chi connectivity index (χ0) is 32.4. The number of amides is 1. The van der Waals surface area contributed by atoms with Crippen LogP contribution >= 0.6 is 11.6 Å². The van der Waals surface area contributed by atoms with E-state index in [1.807, 2.05) is 12.1 Å². The Balaban J connectivity index is 1.39. The van der Waals surface area contributed by atoms with E-state index in [4.69, 9.17) is 16.7 Å². The van der Waals surface area contributed by atoms with Gasteiger partial charge in [0.1, 0.15) is 12.6 Å². The summed E-state index contributed by atoms with van der Waals surface area (Å²) in [7, 11) is -3.43. The molecular weight excluding hydrogens is 614 g/mol. The lowest BCUT2D eigenvalue weighted by atomic mass is 9.78. The lowest BCUT2D eigenvalue weighted by Crippen LogP contribution is -2.60. The number of hydrogen-bond acceptors (Lipinski definition) is 6. The molecule has 2 fully saturated rings. The summed E-state index contributed by atoms with van der Waals surface area (Å²) < 4.78 is 28.1. The van der Waals surface area contributed by atoms with E-state index in [0.717, 1.165) is 62.0 Å². The Morgan fingerprint density at radius 3 is 2.51 bits per heavy atom. The maximum Gasteiger partial charge on any atom is 0.513 e. The van der Waals surface area contributed by atoms with E-state index in [0.29, 0.717) is 60.1 Å². The first-order valence-electron chi connectivity index (χ1n) is 16.2. The van der Waals surface area contributed by atoms with Crippen molar-refractivity contribution in [2.75, 3.05) is 45.5 Å².